The number of benzene rings is 1. The van der Waals surface area contributed by atoms with Crippen LogP contribution in [0.1, 0.15) is 95.2 Å². The highest BCUT2D eigenvalue weighted by Crippen LogP contribution is 2.19. The molecule has 0 aliphatic heterocycles. The molecule has 0 unspecified atom stereocenters. The van der Waals surface area contributed by atoms with Crippen LogP contribution in [-0.4, -0.2) is 0 Å². The Kier molecular flexibility index (Phi) is 10.3. The molecule has 1 aromatic carbocycles. The monoisotopic (exact) mass is 287 g/mol. The molecule has 0 nitrogen and oxygen atoms in total. The number of unbranched alkanes of at least 4 members (excludes halogenated alkanes) is 6. The van der Waals surface area contributed by atoms with Crippen LogP contribution in [0.2, 0.25) is 0 Å². The maximum atomic E-state index is 3.76. The molecule has 21 heavy (non-hydrogen) atoms. The van der Waals surface area contributed by atoms with Crippen molar-refractivity contribution in [2.45, 2.75) is 97.8 Å². The van der Waals surface area contributed by atoms with Crippen molar-refractivity contribution in [2.75, 3.05) is 0 Å². The van der Waals surface area contributed by atoms with Gasteiger partial charge >= 0.3 is 0 Å². The lowest BCUT2D eigenvalue weighted by molar-refractivity contribution is 0.689. The number of aryl methyl sites for hydroxylation is 3. The van der Waals surface area contributed by atoms with E-state index in [1.165, 1.54) is 88.2 Å². The lowest BCUT2D eigenvalue weighted by Crippen LogP contribution is -1.98. The van der Waals surface area contributed by atoms with E-state index in [1.54, 1.807) is 5.56 Å². The highest BCUT2D eigenvalue weighted by molar-refractivity contribution is 5.31. The van der Waals surface area contributed by atoms with Crippen LogP contribution in [0.25, 0.3) is 0 Å². The van der Waals surface area contributed by atoms with Crippen LogP contribution in [0.3, 0.4) is 0 Å². The van der Waals surface area contributed by atoms with E-state index in [0.717, 1.165) is 0 Å². The Bertz CT molecular complexity index is 364. The molecular weight excluding hydrogens is 252 g/mol. The number of hydrogen-bond acceptors (Lipinski definition) is 0. The largest absolute Gasteiger partial charge is 0.0654 e. The Balaban J connectivity index is 2.65. The van der Waals surface area contributed by atoms with Gasteiger partial charge in [-0.3, -0.25) is 0 Å². The summed E-state index contributed by atoms with van der Waals surface area (Å²) in [4.78, 5) is 0. The number of hydrogen-bond donors (Lipinski definition) is 0. The van der Waals surface area contributed by atoms with Gasteiger partial charge in [-0.25, -0.2) is 0 Å². The summed E-state index contributed by atoms with van der Waals surface area (Å²) in [6.45, 7) is 6.84. The Morgan fingerprint density at radius 1 is 0.667 bits per heavy atom. The van der Waals surface area contributed by atoms with Gasteiger partial charge in [-0.1, -0.05) is 71.4 Å². The van der Waals surface area contributed by atoms with Crippen molar-refractivity contribution >= 4 is 0 Å². The van der Waals surface area contributed by atoms with Gasteiger partial charge in [-0.05, 0) is 61.3 Å². The molecule has 0 bridgehead atoms. The van der Waals surface area contributed by atoms with Crippen LogP contribution < -0.4 is 0 Å². The van der Waals surface area contributed by atoms with E-state index in [4.69, 9.17) is 0 Å². The van der Waals surface area contributed by atoms with Gasteiger partial charge in [0.15, 0.2) is 0 Å². The summed E-state index contributed by atoms with van der Waals surface area (Å²) in [6, 6.07) is 8.49. The third kappa shape index (κ3) is 7.69. The molecule has 0 heteroatoms. The summed E-state index contributed by atoms with van der Waals surface area (Å²) < 4.78 is 0. The molecule has 1 radical (unpaired) electrons. The van der Waals surface area contributed by atoms with E-state index in [1.807, 2.05) is 0 Å². The van der Waals surface area contributed by atoms with Gasteiger partial charge in [0.2, 0.25) is 0 Å². The molecule has 0 saturated heterocycles. The van der Waals surface area contributed by atoms with Crippen molar-refractivity contribution in [3.8, 4) is 0 Å². The van der Waals surface area contributed by atoms with Gasteiger partial charge in [0.25, 0.3) is 0 Å². The number of rotatable bonds is 12. The zero-order chi connectivity index (χ0) is 15.3. The summed E-state index contributed by atoms with van der Waals surface area (Å²) in [6.07, 6.45) is 15.6. The smallest absolute Gasteiger partial charge is 0.0111 e. The van der Waals surface area contributed by atoms with Crippen molar-refractivity contribution < 1.29 is 0 Å². The molecule has 0 aliphatic carbocycles. The van der Waals surface area contributed by atoms with E-state index in [0.29, 0.717) is 0 Å². The normalized spacial score (nSPS) is 11.0. The Labute approximate surface area is 133 Å². The first-order valence-corrected chi connectivity index (χ1v) is 9.34. The van der Waals surface area contributed by atoms with Crippen molar-refractivity contribution in [3.63, 3.8) is 0 Å². The van der Waals surface area contributed by atoms with Gasteiger partial charge in [0.05, 0.1) is 0 Å². The summed E-state index contributed by atoms with van der Waals surface area (Å²) in [7, 11) is 0. The quantitative estimate of drug-likeness (QED) is 0.376. The lowest BCUT2D eigenvalue weighted by atomic mass is 9.94. The fraction of sp³-hybridized carbons (Fsp3) is 0.714. The summed E-state index contributed by atoms with van der Waals surface area (Å²) in [5.74, 6) is 0. The molecule has 0 aliphatic rings. The molecular formula is C21H35. The van der Waals surface area contributed by atoms with Crippen LogP contribution in [0.5, 0.6) is 0 Å². The van der Waals surface area contributed by atoms with Gasteiger partial charge in [0, 0.05) is 0 Å². The van der Waals surface area contributed by atoms with Crippen molar-refractivity contribution in [1.82, 2.24) is 0 Å². The summed E-state index contributed by atoms with van der Waals surface area (Å²) in [5.41, 5.74) is 4.53. The third-order valence-electron chi connectivity index (χ3n) is 4.31. The maximum Gasteiger partial charge on any atom is -0.0111 e. The molecule has 0 aromatic heterocycles. The molecule has 1 aromatic rings. The molecule has 1 rings (SSSR count). The first-order chi connectivity index (χ1) is 10.3. The fourth-order valence-electron chi connectivity index (χ4n) is 2.90. The third-order valence-corrected chi connectivity index (χ3v) is 4.31. The SMILES string of the molecule is CCCCCc1[c]c(CCCCC)c(CCCCC)cc1. The molecule has 119 valence electrons. The minimum atomic E-state index is 1.21. The summed E-state index contributed by atoms with van der Waals surface area (Å²) >= 11 is 0. The van der Waals surface area contributed by atoms with E-state index in [9.17, 15) is 0 Å². The molecule has 0 spiro atoms. The van der Waals surface area contributed by atoms with Gasteiger partial charge in [-0.15, -0.1) is 0 Å². The molecule has 0 heterocycles. The molecule has 0 atom stereocenters. The van der Waals surface area contributed by atoms with Gasteiger partial charge in [-0.2, -0.15) is 0 Å². The zero-order valence-corrected chi connectivity index (χ0v) is 14.6. The van der Waals surface area contributed by atoms with Crippen LogP contribution in [0.15, 0.2) is 12.1 Å². The zero-order valence-electron chi connectivity index (χ0n) is 14.6. The second-order valence-corrected chi connectivity index (χ2v) is 6.36. The Morgan fingerprint density at radius 2 is 1.24 bits per heavy atom. The summed E-state index contributed by atoms with van der Waals surface area (Å²) in [5, 5.41) is 0. The fourth-order valence-corrected chi connectivity index (χ4v) is 2.90. The van der Waals surface area contributed by atoms with E-state index < -0.39 is 0 Å². The standard InChI is InChI=1S/C21H35/c1-4-7-10-13-19-16-17-20(14-11-8-5-2)21(18-19)15-12-9-6-3/h16-17H,4-15H2,1-3H3. The van der Waals surface area contributed by atoms with Gasteiger partial charge < -0.3 is 0 Å². The second kappa shape index (κ2) is 11.8. The first-order valence-electron chi connectivity index (χ1n) is 9.34. The predicted molar refractivity (Wildman–Crippen MR) is 95.0 cm³/mol. The van der Waals surface area contributed by atoms with Crippen LogP contribution in [0, 0.1) is 6.07 Å². The van der Waals surface area contributed by atoms with E-state index in [-0.39, 0.29) is 0 Å². The van der Waals surface area contributed by atoms with E-state index in [2.05, 4.69) is 39.0 Å². The van der Waals surface area contributed by atoms with Crippen molar-refractivity contribution in [1.29, 1.82) is 0 Å². The van der Waals surface area contributed by atoms with Crippen LogP contribution in [-0.2, 0) is 19.3 Å². The minimum absolute atomic E-state index is 1.21. The molecule has 0 saturated carbocycles. The first kappa shape index (κ1) is 18.3. The Morgan fingerprint density at radius 3 is 1.86 bits per heavy atom. The second-order valence-electron chi connectivity index (χ2n) is 6.36. The minimum Gasteiger partial charge on any atom is -0.0654 e. The molecule has 0 fully saturated rings. The lowest BCUT2D eigenvalue weighted by Gasteiger charge is -2.12. The predicted octanol–water partition coefficient (Wildman–Crippen LogP) is 6.68. The van der Waals surface area contributed by atoms with E-state index >= 15 is 0 Å². The van der Waals surface area contributed by atoms with Gasteiger partial charge in [0.1, 0.15) is 0 Å². The Hall–Kier alpha value is -0.780. The van der Waals surface area contributed by atoms with Crippen molar-refractivity contribution in [2.24, 2.45) is 0 Å². The average Bonchev–Trinajstić information content (AvgIpc) is 2.50. The van der Waals surface area contributed by atoms with Crippen molar-refractivity contribution in [3.05, 3.63) is 34.9 Å². The average molecular weight is 288 g/mol. The maximum absolute atomic E-state index is 3.76. The highest BCUT2D eigenvalue weighted by Gasteiger charge is 2.05. The topological polar surface area (TPSA) is 0 Å². The van der Waals surface area contributed by atoms with Crippen LogP contribution in [0.4, 0.5) is 0 Å². The highest BCUT2D eigenvalue weighted by atomic mass is 14.1. The van der Waals surface area contributed by atoms with Crippen LogP contribution >= 0.6 is 0 Å². The molecule has 0 N–H and O–H groups in total. The molecule has 0 amide bonds.